The van der Waals surface area contributed by atoms with Gasteiger partial charge in [-0.25, -0.2) is 0 Å². The first-order chi connectivity index (χ1) is 7.54. The summed E-state index contributed by atoms with van der Waals surface area (Å²) in [4.78, 5) is 11.9. The number of hydrogen-bond donors (Lipinski definition) is 2. The smallest absolute Gasteiger partial charge is 0.159 e. The second-order valence-corrected chi connectivity index (χ2v) is 4.68. The maximum Gasteiger partial charge on any atom is 0.159 e. The van der Waals surface area contributed by atoms with Crippen molar-refractivity contribution in [2.45, 2.75) is 30.9 Å². The molecule has 0 heterocycles. The van der Waals surface area contributed by atoms with E-state index < -0.39 is 11.6 Å². The van der Waals surface area contributed by atoms with Crippen LogP contribution in [0.3, 0.4) is 0 Å². The average molecular weight is 240 g/mol. The van der Waals surface area contributed by atoms with Gasteiger partial charge in [-0.2, -0.15) is 0 Å². The highest BCUT2D eigenvalue weighted by molar-refractivity contribution is 6.31. The van der Waals surface area contributed by atoms with E-state index in [1.165, 1.54) is 0 Å². The van der Waals surface area contributed by atoms with Crippen molar-refractivity contribution in [3.8, 4) is 0 Å². The minimum absolute atomic E-state index is 0.113. The molecule has 3 nitrogen and oxygen atoms in total. The molecule has 16 heavy (non-hydrogen) atoms. The zero-order valence-electron chi connectivity index (χ0n) is 8.82. The third kappa shape index (κ3) is 1.86. The topological polar surface area (TPSA) is 63.3 Å². The number of ketones is 1. The van der Waals surface area contributed by atoms with Crippen molar-refractivity contribution in [1.29, 1.82) is 0 Å². The lowest BCUT2D eigenvalue weighted by molar-refractivity contribution is -0.129. The molecule has 2 rings (SSSR count). The monoisotopic (exact) mass is 239 g/mol. The van der Waals surface area contributed by atoms with Crippen LogP contribution in [0.4, 0.5) is 0 Å². The molecule has 0 aliphatic heterocycles. The fourth-order valence-corrected chi connectivity index (χ4v) is 2.44. The van der Waals surface area contributed by atoms with Crippen molar-refractivity contribution in [3.63, 3.8) is 0 Å². The number of hydrogen-bond acceptors (Lipinski definition) is 3. The maximum atomic E-state index is 11.9. The van der Waals surface area contributed by atoms with Gasteiger partial charge in [0.25, 0.3) is 0 Å². The van der Waals surface area contributed by atoms with Gasteiger partial charge in [0.2, 0.25) is 0 Å². The number of benzene rings is 1. The zero-order chi connectivity index (χ0) is 11.8. The van der Waals surface area contributed by atoms with Gasteiger partial charge in [0.1, 0.15) is 5.54 Å². The lowest BCUT2D eigenvalue weighted by Crippen LogP contribution is -2.49. The fraction of sp³-hybridized carbons (Fsp3) is 0.417. The largest absolute Gasteiger partial charge is 0.393 e. The van der Waals surface area contributed by atoms with Crippen molar-refractivity contribution in [2.75, 3.05) is 0 Å². The van der Waals surface area contributed by atoms with Crippen molar-refractivity contribution >= 4 is 17.4 Å². The quantitative estimate of drug-likeness (QED) is 0.783. The SMILES string of the molecule is N[C@]1(c2ccccc2Cl)CC[C@@H](O)CC1=O. The predicted octanol–water partition coefficient (Wildman–Crippen LogP) is 1.61. The molecule has 0 radical (unpaired) electrons. The molecule has 3 N–H and O–H groups in total. The molecule has 0 unspecified atom stereocenters. The highest BCUT2D eigenvalue weighted by Gasteiger charge is 2.41. The molecule has 2 atom stereocenters. The number of rotatable bonds is 1. The van der Waals surface area contributed by atoms with Gasteiger partial charge in [-0.3, -0.25) is 4.79 Å². The molecule has 1 aliphatic rings. The third-order valence-electron chi connectivity index (χ3n) is 3.14. The first-order valence-electron chi connectivity index (χ1n) is 5.29. The van der Waals surface area contributed by atoms with Gasteiger partial charge in [-0.1, -0.05) is 29.8 Å². The van der Waals surface area contributed by atoms with Gasteiger partial charge in [0.15, 0.2) is 5.78 Å². The van der Waals surface area contributed by atoms with E-state index in [0.717, 1.165) is 0 Å². The van der Waals surface area contributed by atoms with Crippen molar-refractivity contribution < 1.29 is 9.90 Å². The van der Waals surface area contributed by atoms with Crippen LogP contribution in [0.5, 0.6) is 0 Å². The van der Waals surface area contributed by atoms with E-state index >= 15 is 0 Å². The molecule has 86 valence electrons. The van der Waals surface area contributed by atoms with E-state index in [-0.39, 0.29) is 12.2 Å². The summed E-state index contributed by atoms with van der Waals surface area (Å²) in [6.45, 7) is 0. The Bertz CT molecular complexity index is 421. The van der Waals surface area contributed by atoms with Crippen LogP contribution in [0.2, 0.25) is 5.02 Å². The Morgan fingerprint density at radius 3 is 2.75 bits per heavy atom. The molecular weight excluding hydrogens is 226 g/mol. The van der Waals surface area contributed by atoms with Gasteiger partial charge in [0.05, 0.1) is 6.10 Å². The Labute approximate surface area is 99.2 Å². The maximum absolute atomic E-state index is 11.9. The lowest BCUT2D eigenvalue weighted by Gasteiger charge is -2.34. The second kappa shape index (κ2) is 4.17. The van der Waals surface area contributed by atoms with Crippen molar-refractivity contribution in [3.05, 3.63) is 34.9 Å². The number of halogens is 1. The number of carbonyl (C=O) groups excluding carboxylic acids is 1. The molecule has 1 aromatic rings. The molecule has 0 amide bonds. The standard InChI is InChI=1S/C12H14ClNO2/c13-10-4-2-1-3-9(10)12(14)6-5-8(15)7-11(12)16/h1-4,8,15H,5-7,14H2/t8-,12+/m1/s1. The van der Waals surface area contributed by atoms with Crippen LogP contribution in [0.25, 0.3) is 0 Å². The summed E-state index contributed by atoms with van der Waals surface area (Å²) in [5.74, 6) is -0.139. The summed E-state index contributed by atoms with van der Waals surface area (Å²) >= 11 is 6.05. The third-order valence-corrected chi connectivity index (χ3v) is 3.47. The van der Waals surface area contributed by atoms with E-state index in [2.05, 4.69) is 0 Å². The molecule has 4 heteroatoms. The van der Waals surface area contributed by atoms with Crippen molar-refractivity contribution in [1.82, 2.24) is 0 Å². The van der Waals surface area contributed by atoms with Gasteiger partial charge in [0, 0.05) is 11.4 Å². The van der Waals surface area contributed by atoms with E-state index in [4.69, 9.17) is 17.3 Å². The molecular formula is C12H14ClNO2. The van der Waals surface area contributed by atoms with E-state index in [0.29, 0.717) is 23.4 Å². The molecule has 0 bridgehead atoms. The van der Waals surface area contributed by atoms with Crippen molar-refractivity contribution in [2.24, 2.45) is 5.73 Å². The van der Waals surface area contributed by atoms with Crippen LogP contribution in [-0.4, -0.2) is 17.0 Å². The van der Waals surface area contributed by atoms with Crippen LogP contribution in [-0.2, 0) is 10.3 Å². The Morgan fingerprint density at radius 2 is 2.12 bits per heavy atom. The number of aliphatic hydroxyl groups is 1. The van der Waals surface area contributed by atoms with E-state index in [1.807, 2.05) is 6.07 Å². The Morgan fingerprint density at radius 1 is 1.44 bits per heavy atom. The fourth-order valence-electron chi connectivity index (χ4n) is 2.14. The molecule has 1 fully saturated rings. The zero-order valence-corrected chi connectivity index (χ0v) is 9.57. The number of carbonyl (C=O) groups is 1. The normalized spacial score (nSPS) is 30.4. The second-order valence-electron chi connectivity index (χ2n) is 4.27. The molecule has 0 saturated heterocycles. The van der Waals surface area contributed by atoms with Gasteiger partial charge < -0.3 is 10.8 Å². The molecule has 1 aliphatic carbocycles. The average Bonchev–Trinajstić information content (AvgIpc) is 2.25. The predicted molar refractivity (Wildman–Crippen MR) is 62.2 cm³/mol. The summed E-state index contributed by atoms with van der Waals surface area (Å²) < 4.78 is 0. The highest BCUT2D eigenvalue weighted by atomic mass is 35.5. The van der Waals surface area contributed by atoms with Crippen LogP contribution in [0.1, 0.15) is 24.8 Å². The van der Waals surface area contributed by atoms with Gasteiger partial charge >= 0.3 is 0 Å². The summed E-state index contributed by atoms with van der Waals surface area (Å²) in [6.07, 6.45) is 0.526. The van der Waals surface area contributed by atoms with Crippen LogP contribution < -0.4 is 5.73 Å². The van der Waals surface area contributed by atoms with Crippen LogP contribution >= 0.6 is 11.6 Å². The van der Waals surface area contributed by atoms with Crippen LogP contribution in [0, 0.1) is 0 Å². The van der Waals surface area contributed by atoms with Gasteiger partial charge in [-0.05, 0) is 24.5 Å². The van der Waals surface area contributed by atoms with Crippen LogP contribution in [0.15, 0.2) is 24.3 Å². The van der Waals surface area contributed by atoms with Gasteiger partial charge in [-0.15, -0.1) is 0 Å². The summed E-state index contributed by atoms with van der Waals surface area (Å²) in [6, 6.07) is 7.12. The Balaban J connectivity index is 2.39. The Kier molecular flexibility index (Phi) is 3.02. The molecule has 1 aromatic carbocycles. The first kappa shape index (κ1) is 11.6. The number of Topliss-reactive ketones (excluding diaryl/α,β-unsaturated/α-hetero) is 1. The lowest BCUT2D eigenvalue weighted by atomic mass is 9.75. The molecule has 0 spiro atoms. The first-order valence-corrected chi connectivity index (χ1v) is 5.67. The molecule has 0 aromatic heterocycles. The number of aliphatic hydroxyl groups excluding tert-OH is 1. The summed E-state index contributed by atoms with van der Waals surface area (Å²) in [5, 5.41) is 9.93. The van der Waals surface area contributed by atoms with E-state index in [1.54, 1.807) is 18.2 Å². The number of nitrogens with two attached hydrogens (primary N) is 1. The summed E-state index contributed by atoms with van der Waals surface area (Å²) in [7, 11) is 0. The summed E-state index contributed by atoms with van der Waals surface area (Å²) in [5.41, 5.74) is 5.77. The highest BCUT2D eigenvalue weighted by Crippen LogP contribution is 2.35. The Hall–Kier alpha value is -0.900. The minimum Gasteiger partial charge on any atom is -0.393 e. The van der Waals surface area contributed by atoms with E-state index in [9.17, 15) is 9.90 Å². The molecule has 1 saturated carbocycles. The minimum atomic E-state index is -1.03.